The van der Waals surface area contributed by atoms with E-state index in [1.165, 1.54) is 4.90 Å². The fourth-order valence-corrected chi connectivity index (χ4v) is 3.69. The van der Waals surface area contributed by atoms with E-state index >= 15 is 0 Å². The third kappa shape index (κ3) is 4.42. The lowest BCUT2D eigenvalue weighted by Gasteiger charge is -2.32. The van der Waals surface area contributed by atoms with E-state index in [0.29, 0.717) is 13.1 Å². The molecule has 1 atom stereocenters. The predicted molar refractivity (Wildman–Crippen MR) is 102 cm³/mol. The number of H-pyrrole nitrogens is 1. The zero-order valence-electron chi connectivity index (χ0n) is 15.3. The van der Waals surface area contributed by atoms with Gasteiger partial charge >= 0.3 is 6.18 Å². The Balaban J connectivity index is 1.47. The standard InChI is InChI=1S/C21H21F3N4/c22-21(23,24)14-28-10-4-7-17(13-28)20-26-12-19(27-20)16-8-9-18(25-11-16)15-5-2-1-3-6-15/h1-3,5-6,8-9,11-12,17H,4,7,10,13-14H2,(H,26,27). The topological polar surface area (TPSA) is 44.8 Å². The summed E-state index contributed by atoms with van der Waals surface area (Å²) < 4.78 is 38.0. The van der Waals surface area contributed by atoms with Crippen LogP contribution in [0.3, 0.4) is 0 Å². The third-order valence-corrected chi connectivity index (χ3v) is 5.02. The van der Waals surface area contributed by atoms with E-state index in [1.54, 1.807) is 12.4 Å². The Bertz CT molecular complexity index is 903. The molecule has 1 aromatic carbocycles. The van der Waals surface area contributed by atoms with E-state index in [9.17, 15) is 13.2 Å². The average molecular weight is 386 g/mol. The lowest BCUT2D eigenvalue weighted by Crippen LogP contribution is -2.40. The maximum absolute atomic E-state index is 12.7. The molecule has 28 heavy (non-hydrogen) atoms. The number of aromatic nitrogens is 3. The van der Waals surface area contributed by atoms with Crippen molar-refractivity contribution in [1.29, 1.82) is 0 Å². The summed E-state index contributed by atoms with van der Waals surface area (Å²) in [5.41, 5.74) is 3.57. The molecule has 0 saturated carbocycles. The van der Waals surface area contributed by atoms with Gasteiger partial charge in [0.15, 0.2) is 0 Å². The molecule has 1 unspecified atom stereocenters. The van der Waals surface area contributed by atoms with Crippen LogP contribution < -0.4 is 0 Å². The molecule has 0 radical (unpaired) electrons. The molecule has 146 valence electrons. The number of nitrogens with one attached hydrogen (secondary N) is 1. The van der Waals surface area contributed by atoms with E-state index < -0.39 is 12.7 Å². The number of hydrogen-bond acceptors (Lipinski definition) is 3. The monoisotopic (exact) mass is 386 g/mol. The minimum Gasteiger partial charge on any atom is -0.348 e. The van der Waals surface area contributed by atoms with E-state index in [2.05, 4.69) is 15.0 Å². The number of aromatic amines is 1. The van der Waals surface area contributed by atoms with Crippen LogP contribution in [0.4, 0.5) is 13.2 Å². The Labute approximate surface area is 161 Å². The first-order chi connectivity index (χ1) is 13.5. The number of likely N-dealkylation sites (tertiary alicyclic amines) is 1. The molecule has 0 bridgehead atoms. The summed E-state index contributed by atoms with van der Waals surface area (Å²) in [5.74, 6) is 0.732. The van der Waals surface area contributed by atoms with E-state index in [0.717, 1.165) is 41.2 Å². The predicted octanol–water partition coefficient (Wildman–Crippen LogP) is 4.88. The number of pyridine rings is 1. The van der Waals surface area contributed by atoms with E-state index in [1.807, 2.05) is 42.5 Å². The summed E-state index contributed by atoms with van der Waals surface area (Å²) in [6.45, 7) is -0.00592. The van der Waals surface area contributed by atoms with Gasteiger partial charge in [-0.15, -0.1) is 0 Å². The van der Waals surface area contributed by atoms with Gasteiger partial charge in [0.05, 0.1) is 17.9 Å². The second kappa shape index (κ2) is 7.75. The Kier molecular flexibility index (Phi) is 5.17. The maximum atomic E-state index is 12.7. The first kappa shape index (κ1) is 18.7. The fourth-order valence-electron chi connectivity index (χ4n) is 3.69. The highest BCUT2D eigenvalue weighted by Crippen LogP contribution is 2.29. The lowest BCUT2D eigenvalue weighted by atomic mass is 9.97. The van der Waals surface area contributed by atoms with Gasteiger partial charge in [-0.1, -0.05) is 30.3 Å². The number of piperidine rings is 1. The molecule has 1 N–H and O–H groups in total. The number of imidazole rings is 1. The second-order valence-electron chi connectivity index (χ2n) is 7.16. The van der Waals surface area contributed by atoms with Gasteiger partial charge in [-0.05, 0) is 31.5 Å². The molecule has 3 heterocycles. The summed E-state index contributed by atoms with van der Waals surface area (Å²) in [7, 11) is 0. The molecule has 0 amide bonds. The molecule has 4 nitrogen and oxygen atoms in total. The van der Waals surface area contributed by atoms with Crippen LogP contribution in [0.15, 0.2) is 54.9 Å². The number of hydrogen-bond donors (Lipinski definition) is 1. The van der Waals surface area contributed by atoms with Crippen LogP contribution in [-0.2, 0) is 0 Å². The fraction of sp³-hybridized carbons (Fsp3) is 0.333. The van der Waals surface area contributed by atoms with Crippen molar-refractivity contribution in [3.63, 3.8) is 0 Å². The maximum Gasteiger partial charge on any atom is 0.401 e. The van der Waals surface area contributed by atoms with Crippen LogP contribution in [0.5, 0.6) is 0 Å². The molecule has 3 aromatic rings. The number of benzene rings is 1. The molecule has 1 saturated heterocycles. The van der Waals surface area contributed by atoms with E-state index in [4.69, 9.17) is 0 Å². The number of alkyl halides is 3. The molecule has 1 aliphatic heterocycles. The molecular weight excluding hydrogens is 365 g/mol. The first-order valence-corrected chi connectivity index (χ1v) is 9.34. The van der Waals surface area contributed by atoms with E-state index in [-0.39, 0.29) is 5.92 Å². The molecule has 1 aliphatic rings. The molecule has 7 heteroatoms. The summed E-state index contributed by atoms with van der Waals surface area (Å²) in [5, 5.41) is 0. The van der Waals surface area contributed by atoms with Crippen LogP contribution in [0.25, 0.3) is 22.5 Å². The van der Waals surface area contributed by atoms with Gasteiger partial charge in [0.1, 0.15) is 5.82 Å². The molecule has 0 spiro atoms. The highest BCUT2D eigenvalue weighted by atomic mass is 19.4. The van der Waals surface area contributed by atoms with Crippen LogP contribution in [0.1, 0.15) is 24.6 Å². The number of halogens is 3. The van der Waals surface area contributed by atoms with Gasteiger partial charge in [-0.25, -0.2) is 4.98 Å². The van der Waals surface area contributed by atoms with Crippen molar-refractivity contribution in [3.8, 4) is 22.5 Å². The van der Waals surface area contributed by atoms with Crippen molar-refractivity contribution in [3.05, 3.63) is 60.7 Å². The summed E-state index contributed by atoms with van der Waals surface area (Å²) in [4.78, 5) is 13.8. The average Bonchev–Trinajstić information content (AvgIpc) is 3.18. The van der Waals surface area contributed by atoms with Gasteiger partial charge < -0.3 is 4.98 Å². The zero-order chi connectivity index (χ0) is 19.6. The van der Waals surface area contributed by atoms with Crippen molar-refractivity contribution >= 4 is 0 Å². The van der Waals surface area contributed by atoms with Crippen LogP contribution in [0.2, 0.25) is 0 Å². The van der Waals surface area contributed by atoms with Crippen molar-refractivity contribution in [1.82, 2.24) is 19.9 Å². The smallest absolute Gasteiger partial charge is 0.348 e. The van der Waals surface area contributed by atoms with Crippen molar-refractivity contribution in [2.75, 3.05) is 19.6 Å². The Morgan fingerprint density at radius 2 is 1.86 bits per heavy atom. The minimum atomic E-state index is -4.16. The highest BCUT2D eigenvalue weighted by Gasteiger charge is 2.33. The Morgan fingerprint density at radius 3 is 2.57 bits per heavy atom. The van der Waals surface area contributed by atoms with Gasteiger partial charge in [0.25, 0.3) is 0 Å². The summed E-state index contributed by atoms with van der Waals surface area (Å²) in [6, 6.07) is 13.8. The SMILES string of the molecule is FC(F)(F)CN1CCCC(c2nc(-c3ccc(-c4ccccc4)nc3)c[nH]2)C1. The molecule has 1 fully saturated rings. The number of rotatable bonds is 4. The lowest BCUT2D eigenvalue weighted by molar-refractivity contribution is -0.148. The van der Waals surface area contributed by atoms with Gasteiger partial charge in [-0.3, -0.25) is 9.88 Å². The minimum absolute atomic E-state index is 0.0126. The summed E-state index contributed by atoms with van der Waals surface area (Å²) in [6.07, 6.45) is 0.995. The van der Waals surface area contributed by atoms with Crippen LogP contribution in [0, 0.1) is 0 Å². The van der Waals surface area contributed by atoms with Crippen molar-refractivity contribution in [2.45, 2.75) is 24.9 Å². The quantitative estimate of drug-likeness (QED) is 0.695. The third-order valence-electron chi connectivity index (χ3n) is 5.02. The second-order valence-corrected chi connectivity index (χ2v) is 7.16. The number of nitrogens with zero attached hydrogens (tertiary/aromatic N) is 3. The Hall–Kier alpha value is -2.67. The van der Waals surface area contributed by atoms with Crippen LogP contribution in [-0.4, -0.2) is 45.7 Å². The first-order valence-electron chi connectivity index (χ1n) is 9.34. The van der Waals surface area contributed by atoms with Gasteiger partial charge in [0, 0.05) is 36.0 Å². The largest absolute Gasteiger partial charge is 0.401 e. The molecular formula is C21H21F3N4. The zero-order valence-corrected chi connectivity index (χ0v) is 15.3. The van der Waals surface area contributed by atoms with Gasteiger partial charge in [-0.2, -0.15) is 13.2 Å². The normalized spacial score (nSPS) is 18.3. The molecule has 2 aromatic heterocycles. The van der Waals surface area contributed by atoms with Crippen molar-refractivity contribution in [2.24, 2.45) is 0 Å². The highest BCUT2D eigenvalue weighted by molar-refractivity contribution is 5.64. The van der Waals surface area contributed by atoms with Crippen molar-refractivity contribution < 1.29 is 13.2 Å². The van der Waals surface area contributed by atoms with Crippen LogP contribution >= 0.6 is 0 Å². The molecule has 4 rings (SSSR count). The summed E-state index contributed by atoms with van der Waals surface area (Å²) >= 11 is 0. The van der Waals surface area contributed by atoms with Gasteiger partial charge in [0.2, 0.25) is 0 Å². The Morgan fingerprint density at radius 1 is 1.04 bits per heavy atom. The molecule has 0 aliphatic carbocycles.